The van der Waals surface area contributed by atoms with E-state index in [1.807, 2.05) is 0 Å². The fourth-order valence-corrected chi connectivity index (χ4v) is 3.85. The van der Waals surface area contributed by atoms with E-state index >= 15 is 0 Å². The molecule has 0 atom stereocenters. The van der Waals surface area contributed by atoms with Gasteiger partial charge >= 0.3 is 11.9 Å². The standard InChI is InChI=1S/C28H10F8O4/c29-19-9-17(21(31)25(35)23(19)33)27(37)39-15-3-1-11-5-12-2-4-16(8-14(12)6-13(11)7-15)40-28(38)18-10-20(30)24(34)26(36)22(18)32/h1-10H. The summed E-state index contributed by atoms with van der Waals surface area (Å²) in [6.45, 7) is 0. The van der Waals surface area contributed by atoms with E-state index in [0.29, 0.717) is 21.5 Å². The number of hydrogen-bond donors (Lipinski definition) is 0. The topological polar surface area (TPSA) is 52.6 Å². The van der Waals surface area contributed by atoms with Crippen LogP contribution in [0, 0.1) is 46.5 Å². The molecule has 0 heterocycles. The van der Waals surface area contributed by atoms with Crippen molar-refractivity contribution in [3.8, 4) is 11.5 Å². The van der Waals surface area contributed by atoms with E-state index < -0.39 is 69.6 Å². The molecule has 0 spiro atoms. The predicted octanol–water partition coefficient (Wildman–Crippen LogP) is 7.54. The molecule has 0 saturated carbocycles. The molecular formula is C28H10F8O4. The lowest BCUT2D eigenvalue weighted by molar-refractivity contribution is 0.0718. The average Bonchev–Trinajstić information content (AvgIpc) is 2.93. The molecule has 202 valence electrons. The Balaban J connectivity index is 1.44. The lowest BCUT2D eigenvalue weighted by atomic mass is 10.0. The van der Waals surface area contributed by atoms with Gasteiger partial charge in [-0.15, -0.1) is 0 Å². The first-order valence-electron chi connectivity index (χ1n) is 11.0. The second-order valence-electron chi connectivity index (χ2n) is 8.34. The smallest absolute Gasteiger partial charge is 0.346 e. The largest absolute Gasteiger partial charge is 0.423 e. The molecule has 5 aromatic carbocycles. The summed E-state index contributed by atoms with van der Waals surface area (Å²) in [4.78, 5) is 24.6. The van der Waals surface area contributed by atoms with Gasteiger partial charge in [0.2, 0.25) is 0 Å². The van der Waals surface area contributed by atoms with Crippen LogP contribution in [0.4, 0.5) is 35.1 Å². The second-order valence-corrected chi connectivity index (χ2v) is 8.34. The first kappa shape index (κ1) is 26.6. The Morgan fingerprint density at radius 2 is 0.800 bits per heavy atom. The van der Waals surface area contributed by atoms with Crippen molar-refractivity contribution in [2.75, 3.05) is 0 Å². The molecule has 0 N–H and O–H groups in total. The van der Waals surface area contributed by atoms with Crippen molar-refractivity contribution in [1.82, 2.24) is 0 Å². The van der Waals surface area contributed by atoms with Crippen LogP contribution in [0.15, 0.2) is 60.7 Å². The monoisotopic (exact) mass is 562 g/mol. The van der Waals surface area contributed by atoms with E-state index in [9.17, 15) is 44.7 Å². The minimum atomic E-state index is -2.18. The highest BCUT2D eigenvalue weighted by molar-refractivity contribution is 6.00. The molecule has 5 rings (SSSR count). The molecule has 12 heteroatoms. The number of esters is 2. The van der Waals surface area contributed by atoms with Crippen LogP contribution in [-0.4, -0.2) is 11.9 Å². The van der Waals surface area contributed by atoms with Crippen LogP contribution in [0.2, 0.25) is 0 Å². The first-order valence-corrected chi connectivity index (χ1v) is 11.0. The van der Waals surface area contributed by atoms with Gasteiger partial charge in [-0.05, 0) is 70.1 Å². The van der Waals surface area contributed by atoms with Crippen LogP contribution in [0.1, 0.15) is 20.7 Å². The number of halogens is 8. The highest BCUT2D eigenvalue weighted by Crippen LogP contribution is 2.30. The van der Waals surface area contributed by atoms with Gasteiger partial charge in [0.1, 0.15) is 22.6 Å². The lowest BCUT2D eigenvalue weighted by Gasteiger charge is -2.10. The number of hydrogen-bond acceptors (Lipinski definition) is 4. The molecule has 0 amide bonds. The van der Waals surface area contributed by atoms with Gasteiger partial charge in [-0.1, -0.05) is 12.1 Å². The molecule has 0 unspecified atom stereocenters. The Labute approximate surface area is 218 Å². The van der Waals surface area contributed by atoms with E-state index in [2.05, 4.69) is 0 Å². The highest BCUT2D eigenvalue weighted by Gasteiger charge is 2.26. The van der Waals surface area contributed by atoms with Crippen LogP contribution in [0.3, 0.4) is 0 Å². The van der Waals surface area contributed by atoms with Crippen molar-refractivity contribution < 1.29 is 54.2 Å². The summed E-state index contributed by atoms with van der Waals surface area (Å²) in [6, 6.07) is 11.8. The normalized spacial score (nSPS) is 11.2. The van der Waals surface area contributed by atoms with E-state index in [-0.39, 0.29) is 23.6 Å². The number of benzene rings is 5. The number of carbonyl (C=O) groups is 2. The Morgan fingerprint density at radius 3 is 1.20 bits per heavy atom. The number of fused-ring (bicyclic) bond motifs is 2. The van der Waals surface area contributed by atoms with Crippen molar-refractivity contribution in [2.45, 2.75) is 0 Å². The number of rotatable bonds is 4. The minimum absolute atomic E-state index is 0.161. The van der Waals surface area contributed by atoms with E-state index in [1.165, 1.54) is 42.5 Å². The van der Waals surface area contributed by atoms with Crippen molar-refractivity contribution in [1.29, 1.82) is 0 Å². The maximum atomic E-state index is 13.9. The van der Waals surface area contributed by atoms with E-state index in [1.54, 1.807) is 6.07 Å². The predicted molar refractivity (Wildman–Crippen MR) is 124 cm³/mol. The third-order valence-corrected chi connectivity index (χ3v) is 5.80. The molecule has 0 aliphatic heterocycles. The molecule has 0 saturated heterocycles. The van der Waals surface area contributed by atoms with Crippen molar-refractivity contribution >= 4 is 33.5 Å². The van der Waals surface area contributed by atoms with Gasteiger partial charge in [0.15, 0.2) is 46.5 Å². The zero-order chi connectivity index (χ0) is 28.9. The molecule has 0 bridgehead atoms. The summed E-state index contributed by atoms with van der Waals surface area (Å²) < 4.78 is 118. The van der Waals surface area contributed by atoms with Crippen molar-refractivity contribution in [2.24, 2.45) is 0 Å². The summed E-state index contributed by atoms with van der Waals surface area (Å²) in [5.41, 5.74) is -2.34. The first-order chi connectivity index (χ1) is 18.9. The fraction of sp³-hybridized carbons (Fsp3) is 0. The zero-order valence-electron chi connectivity index (χ0n) is 19.4. The molecule has 0 fully saturated rings. The highest BCUT2D eigenvalue weighted by atomic mass is 19.2. The maximum absolute atomic E-state index is 13.9. The van der Waals surface area contributed by atoms with Crippen LogP contribution < -0.4 is 9.47 Å². The molecule has 40 heavy (non-hydrogen) atoms. The average molecular weight is 562 g/mol. The lowest BCUT2D eigenvalue weighted by Crippen LogP contribution is -2.14. The molecule has 0 aliphatic carbocycles. The summed E-state index contributed by atoms with van der Waals surface area (Å²) in [6.07, 6.45) is 0. The van der Waals surface area contributed by atoms with Crippen LogP contribution in [0.5, 0.6) is 11.5 Å². The summed E-state index contributed by atoms with van der Waals surface area (Å²) >= 11 is 0. The molecular weight excluding hydrogens is 552 g/mol. The number of ether oxygens (including phenoxy) is 2. The van der Waals surface area contributed by atoms with E-state index in [4.69, 9.17) is 9.47 Å². The third kappa shape index (κ3) is 4.68. The number of carbonyl (C=O) groups excluding carboxylic acids is 2. The van der Waals surface area contributed by atoms with Gasteiger partial charge in [-0.3, -0.25) is 0 Å². The van der Waals surface area contributed by atoms with E-state index in [0.717, 1.165) is 0 Å². The van der Waals surface area contributed by atoms with Gasteiger partial charge in [0.05, 0.1) is 0 Å². The zero-order valence-corrected chi connectivity index (χ0v) is 19.4. The summed E-state index contributed by atoms with van der Waals surface area (Å²) in [5.74, 6) is -19.3. The molecule has 0 aromatic heterocycles. The molecule has 0 radical (unpaired) electrons. The Hall–Kier alpha value is -5.00. The van der Waals surface area contributed by atoms with Gasteiger partial charge in [-0.25, -0.2) is 44.7 Å². The molecule has 4 nitrogen and oxygen atoms in total. The summed E-state index contributed by atoms with van der Waals surface area (Å²) in [7, 11) is 0. The van der Waals surface area contributed by atoms with Gasteiger partial charge < -0.3 is 9.47 Å². The van der Waals surface area contributed by atoms with Gasteiger partial charge in [0.25, 0.3) is 0 Å². The second kappa shape index (κ2) is 9.95. The van der Waals surface area contributed by atoms with Gasteiger partial charge in [-0.2, -0.15) is 0 Å². The minimum Gasteiger partial charge on any atom is -0.423 e. The van der Waals surface area contributed by atoms with Crippen LogP contribution in [0.25, 0.3) is 21.5 Å². The van der Waals surface area contributed by atoms with Crippen molar-refractivity contribution in [3.05, 3.63) is 118 Å². The molecule has 5 aromatic rings. The van der Waals surface area contributed by atoms with Crippen LogP contribution in [-0.2, 0) is 0 Å². The maximum Gasteiger partial charge on any atom is 0.346 e. The van der Waals surface area contributed by atoms with Crippen molar-refractivity contribution in [3.63, 3.8) is 0 Å². The van der Waals surface area contributed by atoms with Crippen LogP contribution >= 0.6 is 0 Å². The Bertz CT molecular complexity index is 1750. The summed E-state index contributed by atoms with van der Waals surface area (Å²) in [5, 5.41) is 2.07. The third-order valence-electron chi connectivity index (χ3n) is 5.80. The Morgan fingerprint density at radius 1 is 0.425 bits per heavy atom. The van der Waals surface area contributed by atoms with Gasteiger partial charge in [0, 0.05) is 0 Å². The fourth-order valence-electron chi connectivity index (χ4n) is 3.85. The SMILES string of the molecule is O=C(Oc1ccc2cc3ccc(OC(=O)c4cc(F)c(F)c(F)c4F)cc3cc2c1)c1cc(F)c(F)c(F)c1F. The Kier molecular flexibility index (Phi) is 6.62. The quantitative estimate of drug-likeness (QED) is 0.0567. The molecule has 0 aliphatic rings.